The predicted molar refractivity (Wildman–Crippen MR) is 445 cm³/mol. The number of nitrogens with zero attached hydrogens (tertiary/aromatic N) is 2. The van der Waals surface area contributed by atoms with E-state index in [-0.39, 0.29) is 21.7 Å². The van der Waals surface area contributed by atoms with Crippen LogP contribution in [0.5, 0.6) is 0 Å². The highest BCUT2D eigenvalue weighted by molar-refractivity contribution is 6.36. The first-order chi connectivity index (χ1) is 48.8. The summed E-state index contributed by atoms with van der Waals surface area (Å²) >= 11 is 0. The highest BCUT2D eigenvalue weighted by atomic mass is 15.2. The van der Waals surface area contributed by atoms with Crippen LogP contribution in [0.25, 0.3) is 120 Å². The molecule has 0 bridgehead atoms. The number of hydrogen-bond donors (Lipinski definition) is 0. The summed E-state index contributed by atoms with van der Waals surface area (Å²) in [7, 11) is 0. The van der Waals surface area contributed by atoms with Gasteiger partial charge in [0, 0.05) is 44.3 Å². The molecule has 2 nitrogen and oxygen atoms in total. The van der Waals surface area contributed by atoms with E-state index in [1.54, 1.807) is 0 Å². The van der Waals surface area contributed by atoms with Gasteiger partial charge in [-0.05, 0) is 255 Å². The largest absolute Gasteiger partial charge is 0.310 e. The minimum absolute atomic E-state index is 0.113. The lowest BCUT2D eigenvalue weighted by molar-refractivity contribution is 0.590. The molecular formula is C100H92N2. The Morgan fingerprint density at radius 1 is 0.206 bits per heavy atom. The predicted octanol–water partition coefficient (Wildman–Crippen LogP) is 29.2. The van der Waals surface area contributed by atoms with Gasteiger partial charge in [0.2, 0.25) is 0 Å². The fourth-order valence-corrected chi connectivity index (χ4v) is 16.1. The number of aryl methyl sites for hydroxylation is 4. The minimum Gasteiger partial charge on any atom is -0.310 e. The molecule has 0 saturated carbocycles. The van der Waals surface area contributed by atoms with Crippen LogP contribution in [0.3, 0.4) is 0 Å². The molecule has 0 fully saturated rings. The van der Waals surface area contributed by atoms with E-state index in [0.717, 1.165) is 34.1 Å². The van der Waals surface area contributed by atoms with E-state index in [0.29, 0.717) is 0 Å². The van der Waals surface area contributed by atoms with Crippen LogP contribution < -0.4 is 9.80 Å². The Morgan fingerprint density at radius 2 is 0.441 bits per heavy atom. The Morgan fingerprint density at radius 3 is 0.706 bits per heavy atom. The molecule has 0 saturated heterocycles. The van der Waals surface area contributed by atoms with Crippen LogP contribution in [0.2, 0.25) is 0 Å². The van der Waals surface area contributed by atoms with E-state index in [1.165, 1.54) is 164 Å². The lowest BCUT2D eigenvalue weighted by atomic mass is 9.77. The fraction of sp³-hybridized carbons (Fsp3) is 0.200. The molecule has 0 heterocycles. The molecule has 0 radical (unpaired) electrons. The normalized spacial score (nSPS) is 12.5. The SMILES string of the molecule is Cc1ccc(N(c2ccc(C)cc2)c2cc(-c3c4ccc(C(C)(C)C)cc4c(-c4ccccc4)c4ccc(C(C)(C)C)cc34)c3ccc4c(N(c5ccc(C)cc5)c5ccc(C)cc5)cc(-c5c6ccc(C(C)(C)C)cc6c(-c6ccccc6)c6ccc(C(C)(C)C)cc56)c5ccc2c3c54)cc1. The standard InChI is InChI=1S/C100H92N2/c1-61-27-39-71(40-28-61)101(72-41-29-62(2)30-42-72)89-59-87(93-77-49-37-67(97(5,6)7)55-83(77)91(65-23-19-17-20-24-65)75-47-35-69(57-85(75)93)99(11,12)13)79-52-54-82-90(102(73-43-31-63(3)32-44-73)74-45-33-64(4)34-46-74)60-88(80-51-53-81(89)95(79)96(80)82)94-78-50-38-68(98(8,9)10)56-84(78)92(66-25-21-18-22-26-66)76-48-36-70(58-86(76)94)100(14,15)16/h17-60H,1-16H3. The van der Waals surface area contributed by atoms with Crippen molar-refractivity contribution >= 4 is 110 Å². The second kappa shape index (κ2) is 24.5. The van der Waals surface area contributed by atoms with Crippen molar-refractivity contribution < 1.29 is 0 Å². The van der Waals surface area contributed by atoms with Gasteiger partial charge >= 0.3 is 0 Å². The van der Waals surface area contributed by atoms with Gasteiger partial charge in [-0.1, -0.05) is 287 Å². The smallest absolute Gasteiger partial charge is 0.0546 e. The van der Waals surface area contributed by atoms with Crippen molar-refractivity contribution in [2.24, 2.45) is 0 Å². The highest BCUT2D eigenvalue weighted by Gasteiger charge is 2.32. The van der Waals surface area contributed by atoms with Crippen molar-refractivity contribution in [2.75, 3.05) is 9.80 Å². The second-order valence-electron chi connectivity index (χ2n) is 33.2. The van der Waals surface area contributed by atoms with Crippen molar-refractivity contribution in [3.8, 4) is 44.5 Å². The summed E-state index contributed by atoms with van der Waals surface area (Å²) in [4.78, 5) is 5.10. The van der Waals surface area contributed by atoms with Gasteiger partial charge in [0.05, 0.1) is 11.4 Å². The van der Waals surface area contributed by atoms with Crippen molar-refractivity contribution in [1.29, 1.82) is 0 Å². The Hall–Kier alpha value is -10.8. The van der Waals surface area contributed by atoms with E-state index in [2.05, 4.69) is 387 Å². The van der Waals surface area contributed by atoms with Crippen molar-refractivity contribution in [3.63, 3.8) is 0 Å². The molecule has 16 aromatic carbocycles. The number of anilines is 6. The van der Waals surface area contributed by atoms with Gasteiger partial charge in [0.25, 0.3) is 0 Å². The summed E-state index contributed by atoms with van der Waals surface area (Å²) in [5.41, 5.74) is 25.9. The van der Waals surface area contributed by atoms with Crippen LogP contribution in [0.15, 0.2) is 267 Å². The van der Waals surface area contributed by atoms with Crippen molar-refractivity contribution in [3.05, 3.63) is 311 Å². The van der Waals surface area contributed by atoms with Crippen LogP contribution in [-0.2, 0) is 21.7 Å². The highest BCUT2D eigenvalue weighted by Crippen LogP contribution is 2.57. The number of fused-ring (bicyclic) bond motifs is 4. The summed E-state index contributed by atoms with van der Waals surface area (Å²) in [6, 6.07) is 104. The van der Waals surface area contributed by atoms with Gasteiger partial charge in [-0.25, -0.2) is 0 Å². The lowest BCUT2D eigenvalue weighted by Gasteiger charge is -2.32. The molecule has 0 aliphatic carbocycles. The molecule has 102 heavy (non-hydrogen) atoms. The number of rotatable bonds is 10. The third-order valence-corrected chi connectivity index (χ3v) is 21.9. The topological polar surface area (TPSA) is 6.48 Å². The fourth-order valence-electron chi connectivity index (χ4n) is 16.1. The quantitative estimate of drug-likeness (QED) is 0.0995. The molecule has 0 spiro atoms. The Balaban J connectivity index is 1.17. The molecule has 0 N–H and O–H groups in total. The van der Waals surface area contributed by atoms with E-state index >= 15 is 0 Å². The van der Waals surface area contributed by atoms with Gasteiger partial charge in [0.1, 0.15) is 0 Å². The van der Waals surface area contributed by atoms with E-state index in [1.807, 2.05) is 0 Å². The zero-order valence-electron chi connectivity index (χ0n) is 62.3. The minimum atomic E-state index is -0.145. The first-order valence-electron chi connectivity index (χ1n) is 36.6. The van der Waals surface area contributed by atoms with Crippen molar-refractivity contribution in [1.82, 2.24) is 0 Å². The Kier molecular flexibility index (Phi) is 15.8. The Labute approximate surface area is 603 Å². The van der Waals surface area contributed by atoms with Gasteiger partial charge in [-0.2, -0.15) is 0 Å². The maximum absolute atomic E-state index is 2.58. The molecule has 0 atom stereocenters. The molecule has 0 aliphatic rings. The molecule has 502 valence electrons. The average Bonchev–Trinajstić information content (AvgIpc) is 0.690. The summed E-state index contributed by atoms with van der Waals surface area (Å²) in [6.45, 7) is 37.0. The van der Waals surface area contributed by atoms with Crippen LogP contribution in [0, 0.1) is 27.7 Å². The first kappa shape index (κ1) is 65.8. The Bertz CT molecular complexity index is 5490. The third kappa shape index (κ3) is 11.4. The molecule has 0 unspecified atom stereocenters. The summed E-state index contributed by atoms with van der Waals surface area (Å²) < 4.78 is 0. The summed E-state index contributed by atoms with van der Waals surface area (Å²) in [5.74, 6) is 0. The van der Waals surface area contributed by atoms with Gasteiger partial charge < -0.3 is 9.80 Å². The maximum Gasteiger partial charge on any atom is 0.0546 e. The number of benzene rings is 16. The average molecular weight is 1320 g/mol. The summed E-state index contributed by atoms with van der Waals surface area (Å²) in [5, 5.41) is 17.1. The van der Waals surface area contributed by atoms with Crippen molar-refractivity contribution in [2.45, 2.75) is 132 Å². The van der Waals surface area contributed by atoms with Crippen LogP contribution in [0.4, 0.5) is 34.1 Å². The second-order valence-corrected chi connectivity index (χ2v) is 33.2. The van der Waals surface area contributed by atoms with Crippen LogP contribution in [0.1, 0.15) is 128 Å². The van der Waals surface area contributed by atoms with Crippen LogP contribution >= 0.6 is 0 Å². The zero-order valence-corrected chi connectivity index (χ0v) is 62.3. The molecular weight excluding hydrogens is 1230 g/mol. The summed E-state index contributed by atoms with van der Waals surface area (Å²) in [6.07, 6.45) is 0. The van der Waals surface area contributed by atoms with E-state index in [9.17, 15) is 0 Å². The van der Waals surface area contributed by atoms with Gasteiger partial charge in [-0.3, -0.25) is 0 Å². The molecule has 16 aromatic rings. The first-order valence-corrected chi connectivity index (χ1v) is 36.6. The molecule has 0 amide bonds. The molecule has 0 aliphatic heterocycles. The maximum atomic E-state index is 2.58. The van der Waals surface area contributed by atoms with E-state index < -0.39 is 0 Å². The van der Waals surface area contributed by atoms with E-state index in [4.69, 9.17) is 0 Å². The lowest BCUT2D eigenvalue weighted by Crippen LogP contribution is -2.13. The molecule has 16 rings (SSSR count). The van der Waals surface area contributed by atoms with Gasteiger partial charge in [-0.15, -0.1) is 0 Å². The number of hydrogen-bond acceptors (Lipinski definition) is 2. The zero-order chi connectivity index (χ0) is 71.1. The monoisotopic (exact) mass is 1320 g/mol. The third-order valence-electron chi connectivity index (χ3n) is 21.9. The van der Waals surface area contributed by atoms with Crippen LogP contribution in [-0.4, -0.2) is 0 Å². The van der Waals surface area contributed by atoms with Gasteiger partial charge in [0.15, 0.2) is 0 Å². The molecule has 2 heteroatoms. The molecule has 0 aromatic heterocycles.